The number of hydrogen-bond acceptors (Lipinski definition) is 7. The van der Waals surface area contributed by atoms with Crippen molar-refractivity contribution in [3.05, 3.63) is 78.5 Å². The molecule has 0 spiro atoms. The molecule has 1 saturated carbocycles. The van der Waals surface area contributed by atoms with Crippen molar-refractivity contribution < 1.29 is 14.3 Å². The lowest BCUT2D eigenvalue weighted by Gasteiger charge is -2.23. The number of nitrogens with zero attached hydrogens (tertiary/aromatic N) is 4. The molecule has 2 N–H and O–H groups in total. The standard InChI is InChI=1S/C30H28N6O3/c31-18-21(17-20-5-4-6-20)30(37)36-16-14-22(19-36)33-29-27-26(13-15-32-28(27)34-35-29)39-25-11-9-24(10-12-25)38-23-7-2-1-3-8-23/h1-3,7-13,15,17,20,22H,4-6,14,16,19H2,(H2,32,33,34,35)/b21-17+/t22-/m1/s1. The molecular formula is C30H28N6O3. The summed E-state index contributed by atoms with van der Waals surface area (Å²) in [5.41, 5.74) is 0.853. The fourth-order valence-corrected chi connectivity index (χ4v) is 4.86. The monoisotopic (exact) mass is 520 g/mol. The van der Waals surface area contributed by atoms with Crippen LogP contribution in [0.4, 0.5) is 5.82 Å². The lowest BCUT2D eigenvalue weighted by Crippen LogP contribution is -2.32. The zero-order chi connectivity index (χ0) is 26.6. The number of para-hydroxylation sites is 1. The quantitative estimate of drug-likeness (QED) is 0.223. The van der Waals surface area contributed by atoms with E-state index < -0.39 is 0 Å². The minimum absolute atomic E-state index is 0.00781. The number of benzene rings is 2. The highest BCUT2D eigenvalue weighted by molar-refractivity contribution is 5.97. The number of nitrogens with one attached hydrogen (secondary N) is 2. The summed E-state index contributed by atoms with van der Waals surface area (Å²) in [5.74, 6) is 3.51. The molecule has 0 radical (unpaired) electrons. The van der Waals surface area contributed by atoms with Gasteiger partial charge in [-0.05, 0) is 61.6 Å². The van der Waals surface area contributed by atoms with Gasteiger partial charge in [-0.15, -0.1) is 0 Å². The van der Waals surface area contributed by atoms with Crippen LogP contribution in [0, 0.1) is 17.2 Å². The molecule has 39 heavy (non-hydrogen) atoms. The summed E-state index contributed by atoms with van der Waals surface area (Å²) in [6.07, 6.45) is 7.54. The van der Waals surface area contributed by atoms with E-state index in [4.69, 9.17) is 9.47 Å². The number of hydrogen-bond donors (Lipinski definition) is 2. The van der Waals surface area contributed by atoms with Crippen molar-refractivity contribution in [3.63, 3.8) is 0 Å². The molecule has 196 valence electrons. The second-order valence-corrected chi connectivity index (χ2v) is 9.86. The third kappa shape index (κ3) is 5.41. The van der Waals surface area contributed by atoms with Crippen LogP contribution in [0.5, 0.6) is 23.0 Å². The minimum Gasteiger partial charge on any atom is -0.457 e. The highest BCUT2D eigenvalue weighted by atomic mass is 16.5. The van der Waals surface area contributed by atoms with Crippen molar-refractivity contribution in [1.29, 1.82) is 5.26 Å². The minimum atomic E-state index is -0.189. The van der Waals surface area contributed by atoms with E-state index in [9.17, 15) is 10.1 Å². The van der Waals surface area contributed by atoms with E-state index in [1.54, 1.807) is 17.2 Å². The van der Waals surface area contributed by atoms with Crippen LogP contribution in [-0.4, -0.2) is 45.1 Å². The number of carbonyl (C=O) groups is 1. The van der Waals surface area contributed by atoms with Gasteiger partial charge in [-0.25, -0.2) is 4.98 Å². The number of ether oxygens (including phenoxy) is 2. The average Bonchev–Trinajstić information content (AvgIpc) is 3.58. The molecule has 1 amide bonds. The topological polar surface area (TPSA) is 116 Å². The number of pyridine rings is 1. The predicted octanol–water partition coefficient (Wildman–Crippen LogP) is 5.81. The predicted molar refractivity (Wildman–Crippen MR) is 147 cm³/mol. The van der Waals surface area contributed by atoms with Crippen LogP contribution < -0.4 is 14.8 Å². The van der Waals surface area contributed by atoms with Gasteiger partial charge in [0.25, 0.3) is 5.91 Å². The Bertz CT molecular complexity index is 1540. The molecule has 1 atom stereocenters. The van der Waals surface area contributed by atoms with Gasteiger partial charge in [-0.2, -0.15) is 10.4 Å². The summed E-state index contributed by atoms with van der Waals surface area (Å²) >= 11 is 0. The molecule has 9 heteroatoms. The van der Waals surface area contributed by atoms with E-state index in [2.05, 4.69) is 26.6 Å². The summed E-state index contributed by atoms with van der Waals surface area (Å²) in [6, 6.07) is 20.9. The van der Waals surface area contributed by atoms with Crippen molar-refractivity contribution in [3.8, 4) is 29.1 Å². The van der Waals surface area contributed by atoms with Gasteiger partial charge in [0, 0.05) is 31.4 Å². The Balaban J connectivity index is 1.14. The van der Waals surface area contributed by atoms with Crippen molar-refractivity contribution in [1.82, 2.24) is 20.1 Å². The van der Waals surface area contributed by atoms with Crippen LogP contribution in [0.2, 0.25) is 0 Å². The van der Waals surface area contributed by atoms with Gasteiger partial charge >= 0.3 is 0 Å². The highest BCUT2D eigenvalue weighted by Crippen LogP contribution is 2.35. The van der Waals surface area contributed by atoms with Crippen LogP contribution in [-0.2, 0) is 4.79 Å². The van der Waals surface area contributed by atoms with Gasteiger partial charge in [-0.3, -0.25) is 9.89 Å². The third-order valence-electron chi connectivity index (χ3n) is 7.17. The van der Waals surface area contributed by atoms with Gasteiger partial charge < -0.3 is 19.7 Å². The van der Waals surface area contributed by atoms with Gasteiger partial charge in [-0.1, -0.05) is 30.7 Å². The number of nitriles is 1. The molecule has 1 aliphatic heterocycles. The molecule has 0 unspecified atom stereocenters. The summed E-state index contributed by atoms with van der Waals surface area (Å²) in [5, 5.41) is 21.1. The van der Waals surface area contributed by atoms with Crippen LogP contribution >= 0.6 is 0 Å². The zero-order valence-corrected chi connectivity index (χ0v) is 21.3. The first kappa shape index (κ1) is 24.5. The van der Waals surface area contributed by atoms with Crippen molar-refractivity contribution in [2.75, 3.05) is 18.4 Å². The molecule has 2 aliphatic rings. The Morgan fingerprint density at radius 2 is 1.77 bits per heavy atom. The SMILES string of the molecule is N#C/C(=C\C1CCC1)C(=O)N1CC[C@@H](Nc2n[nH]c3nccc(Oc4ccc(Oc5ccccc5)cc4)c23)C1. The molecule has 3 heterocycles. The second-order valence-electron chi connectivity index (χ2n) is 9.86. The molecule has 2 aromatic carbocycles. The molecule has 0 bridgehead atoms. The summed E-state index contributed by atoms with van der Waals surface area (Å²) in [7, 11) is 0. The summed E-state index contributed by atoms with van der Waals surface area (Å²) in [4.78, 5) is 19.1. The highest BCUT2D eigenvalue weighted by Gasteiger charge is 2.30. The van der Waals surface area contributed by atoms with Crippen LogP contribution in [0.15, 0.2) is 78.5 Å². The Kier molecular flexibility index (Phi) is 6.83. The van der Waals surface area contributed by atoms with Crippen molar-refractivity contribution in [2.45, 2.75) is 31.7 Å². The lowest BCUT2D eigenvalue weighted by molar-refractivity contribution is -0.125. The molecule has 2 fully saturated rings. The van der Waals surface area contributed by atoms with E-state index in [0.29, 0.717) is 47.7 Å². The number of fused-ring (bicyclic) bond motifs is 1. The fraction of sp³-hybridized carbons (Fsp3) is 0.267. The molecule has 9 nitrogen and oxygen atoms in total. The number of rotatable bonds is 8. The zero-order valence-electron chi connectivity index (χ0n) is 21.3. The number of aromatic nitrogens is 3. The maximum absolute atomic E-state index is 12.9. The molecule has 1 saturated heterocycles. The maximum Gasteiger partial charge on any atom is 0.264 e. The first-order valence-corrected chi connectivity index (χ1v) is 13.2. The number of H-pyrrole nitrogens is 1. The van der Waals surface area contributed by atoms with E-state index in [1.165, 1.54) is 0 Å². The van der Waals surface area contributed by atoms with E-state index in [0.717, 1.165) is 36.8 Å². The van der Waals surface area contributed by atoms with Gasteiger partial charge in [0.05, 0.1) is 0 Å². The molecule has 1 aliphatic carbocycles. The van der Waals surface area contributed by atoms with E-state index in [-0.39, 0.29) is 17.5 Å². The number of carbonyl (C=O) groups excluding carboxylic acids is 1. The number of anilines is 1. The number of aromatic amines is 1. The average molecular weight is 521 g/mol. The third-order valence-corrected chi connectivity index (χ3v) is 7.17. The van der Waals surface area contributed by atoms with Crippen LogP contribution in [0.3, 0.4) is 0 Å². The van der Waals surface area contributed by atoms with Gasteiger partial charge in [0.2, 0.25) is 0 Å². The first-order chi connectivity index (χ1) is 19.2. The van der Waals surface area contributed by atoms with Gasteiger partial charge in [0.1, 0.15) is 40.0 Å². The molecule has 4 aromatic rings. The second kappa shape index (κ2) is 10.9. The fourth-order valence-electron chi connectivity index (χ4n) is 4.86. The molecular weight excluding hydrogens is 492 g/mol. The lowest BCUT2D eigenvalue weighted by atomic mass is 9.84. The normalized spacial score (nSPS) is 17.5. The van der Waals surface area contributed by atoms with Crippen molar-refractivity contribution in [2.24, 2.45) is 5.92 Å². The molecule has 2 aromatic heterocycles. The number of likely N-dealkylation sites (tertiary alicyclic amines) is 1. The molecule has 6 rings (SSSR count). The summed E-state index contributed by atoms with van der Waals surface area (Å²) < 4.78 is 12.1. The largest absolute Gasteiger partial charge is 0.457 e. The van der Waals surface area contributed by atoms with Crippen LogP contribution in [0.25, 0.3) is 11.0 Å². The first-order valence-electron chi connectivity index (χ1n) is 13.2. The Hall–Kier alpha value is -4.84. The van der Waals surface area contributed by atoms with Crippen molar-refractivity contribution >= 4 is 22.8 Å². The smallest absolute Gasteiger partial charge is 0.264 e. The maximum atomic E-state index is 12.9. The number of allylic oxidation sites excluding steroid dienone is 1. The Labute approximate surface area is 226 Å². The van der Waals surface area contributed by atoms with Crippen LogP contribution in [0.1, 0.15) is 25.7 Å². The van der Waals surface area contributed by atoms with E-state index in [1.807, 2.05) is 60.7 Å². The van der Waals surface area contributed by atoms with E-state index >= 15 is 0 Å². The summed E-state index contributed by atoms with van der Waals surface area (Å²) in [6.45, 7) is 1.08. The van der Waals surface area contributed by atoms with Gasteiger partial charge in [0.15, 0.2) is 11.5 Å². The Morgan fingerprint density at radius 1 is 1.03 bits per heavy atom. The number of amides is 1. The Morgan fingerprint density at radius 3 is 2.49 bits per heavy atom.